The summed E-state index contributed by atoms with van der Waals surface area (Å²) in [6.07, 6.45) is 0. The van der Waals surface area contributed by atoms with Crippen molar-refractivity contribution in [1.82, 2.24) is 0 Å². The maximum absolute atomic E-state index is 12.1. The zero-order valence-electron chi connectivity index (χ0n) is 10.6. The van der Waals surface area contributed by atoms with E-state index in [2.05, 4.69) is 5.18 Å². The molecule has 0 fully saturated rings. The molecule has 0 bridgehead atoms. The van der Waals surface area contributed by atoms with Gasteiger partial charge in [-0.1, -0.05) is 24.3 Å². The Morgan fingerprint density at radius 3 is 2.52 bits per heavy atom. The zero-order chi connectivity index (χ0) is 14.6. The van der Waals surface area contributed by atoms with Crippen LogP contribution in [0.4, 0.5) is 5.69 Å². The van der Waals surface area contributed by atoms with Gasteiger partial charge in [-0.15, -0.1) is 4.91 Å². The normalized spacial score (nSPS) is 13.5. The van der Waals surface area contributed by atoms with Crippen molar-refractivity contribution in [3.8, 4) is 0 Å². The molecular formula is C16H7NO4. The van der Waals surface area contributed by atoms with E-state index in [4.69, 9.17) is 4.74 Å². The van der Waals surface area contributed by atoms with Gasteiger partial charge in [0.25, 0.3) is 0 Å². The monoisotopic (exact) mass is 277 g/mol. The number of carbonyl (C=O) groups excluding carboxylic acids is 2. The number of fused-ring (bicyclic) bond motifs is 2. The predicted octanol–water partition coefficient (Wildman–Crippen LogP) is 3.70. The van der Waals surface area contributed by atoms with E-state index in [1.165, 1.54) is 0 Å². The van der Waals surface area contributed by atoms with Crippen LogP contribution < -0.4 is 0 Å². The maximum Gasteiger partial charge on any atom is 0.347 e. The van der Waals surface area contributed by atoms with E-state index in [0.717, 1.165) is 0 Å². The minimum atomic E-state index is -0.697. The van der Waals surface area contributed by atoms with E-state index in [9.17, 15) is 14.5 Å². The molecule has 4 rings (SSSR count). The van der Waals surface area contributed by atoms with Crippen LogP contribution in [0.2, 0.25) is 0 Å². The summed E-state index contributed by atoms with van der Waals surface area (Å²) in [5.74, 6) is -1.35. The second kappa shape index (κ2) is 3.96. The summed E-state index contributed by atoms with van der Waals surface area (Å²) in [7, 11) is 0. The molecule has 0 amide bonds. The van der Waals surface area contributed by atoms with Gasteiger partial charge >= 0.3 is 11.9 Å². The molecule has 3 aromatic rings. The number of ether oxygens (including phenoxy) is 1. The Morgan fingerprint density at radius 1 is 0.905 bits per heavy atom. The van der Waals surface area contributed by atoms with Crippen LogP contribution in [0.3, 0.4) is 0 Å². The number of hydrogen-bond donors (Lipinski definition) is 0. The predicted molar refractivity (Wildman–Crippen MR) is 76.7 cm³/mol. The molecule has 0 atom stereocenters. The third kappa shape index (κ3) is 1.45. The smallest absolute Gasteiger partial charge is 0.347 e. The van der Waals surface area contributed by atoms with Crippen molar-refractivity contribution in [3.05, 3.63) is 58.5 Å². The minimum absolute atomic E-state index is 0.251. The van der Waals surface area contributed by atoms with Crippen molar-refractivity contribution in [3.63, 3.8) is 0 Å². The van der Waals surface area contributed by atoms with Gasteiger partial charge in [0.2, 0.25) is 0 Å². The summed E-state index contributed by atoms with van der Waals surface area (Å²) < 4.78 is 4.80. The largest absolute Gasteiger partial charge is 0.386 e. The van der Waals surface area contributed by atoms with E-state index in [-0.39, 0.29) is 5.69 Å². The molecule has 0 saturated carbocycles. The minimum Gasteiger partial charge on any atom is -0.386 e. The van der Waals surface area contributed by atoms with Gasteiger partial charge < -0.3 is 4.74 Å². The van der Waals surface area contributed by atoms with Crippen molar-refractivity contribution in [1.29, 1.82) is 0 Å². The molecule has 21 heavy (non-hydrogen) atoms. The molecule has 0 aromatic heterocycles. The fourth-order valence-electron chi connectivity index (χ4n) is 2.83. The van der Waals surface area contributed by atoms with E-state index >= 15 is 0 Å². The first kappa shape index (κ1) is 11.7. The summed E-state index contributed by atoms with van der Waals surface area (Å²) in [5, 5.41) is 5.39. The summed E-state index contributed by atoms with van der Waals surface area (Å²) in [5.41, 5.74) is 0.914. The standard InChI is InChI=1S/C16H7NO4/c18-15-10-5-1-3-8-7-11-9(4-2-6-12(11)17-20)14(13(8)10)16(19)21-15/h1-7H. The topological polar surface area (TPSA) is 72.8 Å². The molecule has 5 nitrogen and oxygen atoms in total. The fourth-order valence-corrected chi connectivity index (χ4v) is 2.83. The van der Waals surface area contributed by atoms with Crippen LogP contribution in [-0.2, 0) is 4.74 Å². The SMILES string of the molecule is O=Nc1cccc2c3c4c(cccc4cc12)C(=O)OC3=O. The second-order valence-corrected chi connectivity index (χ2v) is 4.80. The number of carbonyl (C=O) groups is 2. The Hall–Kier alpha value is -3.08. The van der Waals surface area contributed by atoms with Crippen LogP contribution in [0.1, 0.15) is 20.7 Å². The molecule has 5 heteroatoms. The van der Waals surface area contributed by atoms with Gasteiger partial charge in [-0.05, 0) is 34.1 Å². The molecule has 1 aliphatic rings. The number of hydrogen-bond acceptors (Lipinski definition) is 5. The van der Waals surface area contributed by atoms with Crippen LogP contribution in [0.15, 0.2) is 47.6 Å². The van der Waals surface area contributed by atoms with Crippen LogP contribution in [0.25, 0.3) is 21.5 Å². The van der Waals surface area contributed by atoms with Gasteiger partial charge in [-0.3, -0.25) is 0 Å². The highest BCUT2D eigenvalue weighted by Crippen LogP contribution is 2.37. The van der Waals surface area contributed by atoms with Crippen LogP contribution in [0.5, 0.6) is 0 Å². The van der Waals surface area contributed by atoms with Crippen LogP contribution in [-0.4, -0.2) is 11.9 Å². The Labute approximate surface area is 118 Å². The average Bonchev–Trinajstić information content (AvgIpc) is 2.50. The molecule has 0 spiro atoms. The lowest BCUT2D eigenvalue weighted by atomic mass is 9.91. The highest BCUT2D eigenvalue weighted by molar-refractivity contribution is 6.27. The van der Waals surface area contributed by atoms with E-state index in [0.29, 0.717) is 32.7 Å². The van der Waals surface area contributed by atoms with Crippen molar-refractivity contribution >= 4 is 39.2 Å². The molecule has 0 radical (unpaired) electrons. The Bertz CT molecular complexity index is 975. The molecule has 100 valence electrons. The van der Waals surface area contributed by atoms with Crippen molar-refractivity contribution in [2.45, 2.75) is 0 Å². The maximum atomic E-state index is 12.1. The number of nitroso groups, excluding NO2 is 1. The van der Waals surface area contributed by atoms with Gasteiger partial charge in [-0.25, -0.2) is 9.59 Å². The molecule has 0 aliphatic carbocycles. The molecule has 0 saturated heterocycles. The second-order valence-electron chi connectivity index (χ2n) is 4.80. The lowest BCUT2D eigenvalue weighted by molar-refractivity contribution is 0.0393. The van der Waals surface area contributed by atoms with Gasteiger partial charge in [0.05, 0.1) is 11.1 Å². The zero-order valence-corrected chi connectivity index (χ0v) is 10.6. The number of rotatable bonds is 1. The third-order valence-corrected chi connectivity index (χ3v) is 3.71. The van der Waals surface area contributed by atoms with E-state index in [1.54, 1.807) is 42.5 Å². The van der Waals surface area contributed by atoms with Gasteiger partial charge in [0.15, 0.2) is 0 Å². The van der Waals surface area contributed by atoms with Crippen LogP contribution in [0, 0.1) is 4.91 Å². The first-order chi connectivity index (χ1) is 10.2. The molecule has 1 aliphatic heterocycles. The van der Waals surface area contributed by atoms with Gasteiger partial charge in [0, 0.05) is 10.8 Å². The number of benzene rings is 3. The molecule has 0 unspecified atom stereocenters. The first-order valence-corrected chi connectivity index (χ1v) is 6.29. The quantitative estimate of drug-likeness (QED) is 0.294. The fraction of sp³-hybridized carbons (Fsp3) is 0. The third-order valence-electron chi connectivity index (χ3n) is 3.71. The average molecular weight is 277 g/mol. The highest BCUT2D eigenvalue weighted by atomic mass is 16.6. The molecule has 1 heterocycles. The summed E-state index contributed by atoms with van der Waals surface area (Å²) in [6.45, 7) is 0. The number of cyclic esters (lactones) is 2. The van der Waals surface area contributed by atoms with E-state index in [1.807, 2.05) is 0 Å². The van der Waals surface area contributed by atoms with Crippen molar-refractivity contribution in [2.75, 3.05) is 0 Å². The molecule has 3 aromatic carbocycles. The Kier molecular flexibility index (Phi) is 2.21. The first-order valence-electron chi connectivity index (χ1n) is 6.29. The van der Waals surface area contributed by atoms with Gasteiger partial charge in [0.1, 0.15) is 5.69 Å². The summed E-state index contributed by atoms with van der Waals surface area (Å²) in [6, 6.07) is 11.8. The number of nitrogens with zero attached hydrogens (tertiary/aromatic N) is 1. The van der Waals surface area contributed by atoms with E-state index < -0.39 is 11.9 Å². The van der Waals surface area contributed by atoms with Gasteiger partial charge in [-0.2, -0.15) is 0 Å². The molecule has 0 N–H and O–H groups in total. The lowest BCUT2D eigenvalue weighted by Crippen LogP contribution is -2.19. The Morgan fingerprint density at radius 2 is 1.71 bits per heavy atom. The lowest BCUT2D eigenvalue weighted by Gasteiger charge is -2.17. The van der Waals surface area contributed by atoms with Crippen molar-refractivity contribution < 1.29 is 14.3 Å². The highest BCUT2D eigenvalue weighted by Gasteiger charge is 2.29. The summed E-state index contributed by atoms with van der Waals surface area (Å²) in [4.78, 5) is 34.9. The Balaban J connectivity index is 2.33. The summed E-state index contributed by atoms with van der Waals surface area (Å²) >= 11 is 0. The van der Waals surface area contributed by atoms with Crippen molar-refractivity contribution in [2.24, 2.45) is 5.18 Å². The number of esters is 2. The molecular weight excluding hydrogens is 270 g/mol. The van der Waals surface area contributed by atoms with Crippen LogP contribution >= 0.6 is 0 Å².